The van der Waals surface area contributed by atoms with Crippen LogP contribution in [0.15, 0.2) is 70.2 Å². The van der Waals surface area contributed by atoms with Crippen LogP contribution in [0.3, 0.4) is 0 Å². The minimum Gasteiger partial charge on any atom is -0.483 e. The summed E-state index contributed by atoms with van der Waals surface area (Å²) in [5.74, 6) is 0.297. The summed E-state index contributed by atoms with van der Waals surface area (Å²) in [6.07, 6.45) is 5.17. The van der Waals surface area contributed by atoms with Crippen molar-refractivity contribution in [3.05, 3.63) is 70.7 Å². The fraction of sp³-hybridized carbons (Fsp3) is 0.0588. The van der Waals surface area contributed by atoms with Gasteiger partial charge in [0.25, 0.3) is 5.91 Å². The Morgan fingerprint density at radius 2 is 1.86 bits per heavy atom. The first-order valence-corrected chi connectivity index (χ1v) is 7.46. The monoisotopic (exact) mass is 358 g/mol. The van der Waals surface area contributed by atoms with Crippen LogP contribution in [0.4, 0.5) is 0 Å². The smallest absolute Gasteiger partial charge is 0.277 e. The van der Waals surface area contributed by atoms with Crippen molar-refractivity contribution in [2.75, 3.05) is 6.61 Å². The Hall–Kier alpha value is -2.40. The Morgan fingerprint density at radius 1 is 1.14 bits per heavy atom. The third kappa shape index (κ3) is 5.54. The molecule has 0 saturated carbocycles. The normalized spacial score (nSPS) is 11.0. The van der Waals surface area contributed by atoms with E-state index in [0.717, 1.165) is 10.0 Å². The van der Waals surface area contributed by atoms with Gasteiger partial charge in [-0.3, -0.25) is 4.79 Å². The molecule has 0 aliphatic carbocycles. The van der Waals surface area contributed by atoms with Crippen LogP contribution in [0.1, 0.15) is 5.56 Å². The molecule has 2 aromatic carbocycles. The maximum atomic E-state index is 11.6. The number of nitrogens with zero attached hydrogens (tertiary/aromatic N) is 1. The molecule has 1 N–H and O–H groups in total. The summed E-state index contributed by atoms with van der Waals surface area (Å²) in [5.41, 5.74) is 3.46. The molecule has 0 bridgehead atoms. The number of carbonyl (C=O) groups is 1. The standard InChI is InChI=1S/C17H15BrN2O2/c18-15-10-4-5-11-16(15)22-13-17(21)20-19-12-6-9-14-7-2-1-3-8-14/h1-12H,13H2,(H,20,21)/b9-6+,19-12+. The van der Waals surface area contributed by atoms with E-state index in [4.69, 9.17) is 4.74 Å². The number of para-hydroxylation sites is 1. The molecule has 5 heteroatoms. The predicted octanol–water partition coefficient (Wildman–Crippen LogP) is 3.64. The van der Waals surface area contributed by atoms with Gasteiger partial charge in [0, 0.05) is 6.21 Å². The Labute approximate surface area is 137 Å². The lowest BCUT2D eigenvalue weighted by atomic mass is 10.2. The van der Waals surface area contributed by atoms with Crippen LogP contribution in [0.25, 0.3) is 6.08 Å². The van der Waals surface area contributed by atoms with Gasteiger partial charge in [0.1, 0.15) is 5.75 Å². The van der Waals surface area contributed by atoms with E-state index >= 15 is 0 Å². The first kappa shape index (κ1) is 16.0. The lowest BCUT2D eigenvalue weighted by Crippen LogP contribution is -2.24. The maximum absolute atomic E-state index is 11.6. The van der Waals surface area contributed by atoms with Gasteiger partial charge in [-0.1, -0.05) is 48.5 Å². The summed E-state index contributed by atoms with van der Waals surface area (Å²) in [7, 11) is 0. The van der Waals surface area contributed by atoms with Crippen LogP contribution >= 0.6 is 15.9 Å². The van der Waals surface area contributed by atoms with E-state index in [9.17, 15) is 4.79 Å². The van der Waals surface area contributed by atoms with Crippen molar-refractivity contribution in [3.8, 4) is 5.75 Å². The van der Waals surface area contributed by atoms with E-state index in [1.807, 2.05) is 54.6 Å². The second kappa shape index (κ2) is 8.79. The fourth-order valence-electron chi connectivity index (χ4n) is 1.61. The lowest BCUT2D eigenvalue weighted by Gasteiger charge is -2.06. The maximum Gasteiger partial charge on any atom is 0.277 e. The zero-order chi connectivity index (χ0) is 15.6. The first-order chi connectivity index (χ1) is 10.8. The van der Waals surface area contributed by atoms with Gasteiger partial charge in [-0.2, -0.15) is 5.10 Å². The minimum atomic E-state index is -0.319. The first-order valence-electron chi connectivity index (χ1n) is 6.66. The molecular weight excluding hydrogens is 344 g/mol. The average molecular weight is 359 g/mol. The highest BCUT2D eigenvalue weighted by Gasteiger charge is 2.03. The van der Waals surface area contributed by atoms with Crippen molar-refractivity contribution in [2.45, 2.75) is 0 Å². The van der Waals surface area contributed by atoms with Crippen LogP contribution in [0.5, 0.6) is 5.75 Å². The molecule has 0 spiro atoms. The van der Waals surface area contributed by atoms with Crippen LogP contribution in [0, 0.1) is 0 Å². The summed E-state index contributed by atoms with van der Waals surface area (Å²) in [5, 5.41) is 3.82. The van der Waals surface area contributed by atoms with Crippen molar-refractivity contribution in [1.82, 2.24) is 5.43 Å². The van der Waals surface area contributed by atoms with Gasteiger partial charge in [0.15, 0.2) is 6.61 Å². The molecule has 4 nitrogen and oxygen atoms in total. The van der Waals surface area contributed by atoms with E-state index in [1.54, 1.807) is 12.1 Å². The number of hydrazone groups is 1. The molecule has 0 fully saturated rings. The number of rotatable bonds is 6. The van der Waals surface area contributed by atoms with Crippen molar-refractivity contribution in [3.63, 3.8) is 0 Å². The van der Waals surface area contributed by atoms with Crippen LogP contribution < -0.4 is 10.2 Å². The molecule has 0 aliphatic heterocycles. The Bertz CT molecular complexity index is 669. The SMILES string of the molecule is O=C(COc1ccccc1Br)N/N=C/C=C/c1ccccc1. The van der Waals surface area contributed by atoms with Crippen molar-refractivity contribution >= 4 is 34.1 Å². The van der Waals surface area contributed by atoms with E-state index in [1.165, 1.54) is 6.21 Å². The number of ether oxygens (including phenoxy) is 1. The second-order valence-corrected chi connectivity index (χ2v) is 5.16. The average Bonchev–Trinajstić information content (AvgIpc) is 2.55. The highest BCUT2D eigenvalue weighted by molar-refractivity contribution is 9.10. The lowest BCUT2D eigenvalue weighted by molar-refractivity contribution is -0.123. The summed E-state index contributed by atoms with van der Waals surface area (Å²) < 4.78 is 6.18. The molecule has 112 valence electrons. The number of nitrogens with one attached hydrogen (secondary N) is 1. The Morgan fingerprint density at radius 3 is 2.64 bits per heavy atom. The number of hydrogen-bond donors (Lipinski definition) is 1. The van der Waals surface area contributed by atoms with Crippen molar-refractivity contribution in [1.29, 1.82) is 0 Å². The molecule has 22 heavy (non-hydrogen) atoms. The number of benzene rings is 2. The minimum absolute atomic E-state index is 0.0949. The predicted molar refractivity (Wildman–Crippen MR) is 91.7 cm³/mol. The number of hydrogen-bond acceptors (Lipinski definition) is 3. The molecule has 0 radical (unpaired) electrons. The summed E-state index contributed by atoms with van der Waals surface area (Å²) in [6, 6.07) is 17.2. The van der Waals surface area contributed by atoms with Gasteiger partial charge >= 0.3 is 0 Å². The number of halogens is 1. The highest BCUT2D eigenvalue weighted by Crippen LogP contribution is 2.23. The molecule has 0 aliphatic rings. The molecule has 2 rings (SSSR count). The van der Waals surface area contributed by atoms with Crippen molar-refractivity contribution in [2.24, 2.45) is 5.10 Å². The molecule has 0 atom stereocenters. The zero-order valence-corrected chi connectivity index (χ0v) is 13.4. The van der Waals surface area contributed by atoms with Gasteiger partial charge in [0.05, 0.1) is 4.47 Å². The summed E-state index contributed by atoms with van der Waals surface area (Å²) >= 11 is 3.35. The van der Waals surface area contributed by atoms with Gasteiger partial charge in [-0.15, -0.1) is 0 Å². The largest absolute Gasteiger partial charge is 0.483 e. The molecule has 1 amide bonds. The van der Waals surface area contributed by atoms with Gasteiger partial charge in [-0.05, 0) is 39.7 Å². The van der Waals surface area contributed by atoms with E-state index < -0.39 is 0 Å². The third-order valence-corrected chi connectivity index (χ3v) is 3.29. The number of carbonyl (C=O) groups excluding carboxylic acids is 1. The van der Waals surface area contributed by atoms with E-state index in [2.05, 4.69) is 26.5 Å². The molecule has 0 saturated heterocycles. The highest BCUT2D eigenvalue weighted by atomic mass is 79.9. The molecule has 0 unspecified atom stereocenters. The third-order valence-electron chi connectivity index (χ3n) is 2.63. The van der Waals surface area contributed by atoms with Crippen LogP contribution in [-0.2, 0) is 4.79 Å². The second-order valence-electron chi connectivity index (χ2n) is 4.30. The number of amides is 1. The van der Waals surface area contributed by atoms with Crippen LogP contribution in [-0.4, -0.2) is 18.7 Å². The topological polar surface area (TPSA) is 50.7 Å². The Kier molecular flexibility index (Phi) is 6.39. The van der Waals surface area contributed by atoms with Gasteiger partial charge in [-0.25, -0.2) is 5.43 Å². The van der Waals surface area contributed by atoms with E-state index in [0.29, 0.717) is 5.75 Å². The number of allylic oxidation sites excluding steroid dienone is 1. The van der Waals surface area contributed by atoms with Gasteiger partial charge < -0.3 is 4.74 Å². The molecule has 2 aromatic rings. The fourth-order valence-corrected chi connectivity index (χ4v) is 2.01. The molecular formula is C17H15BrN2O2. The zero-order valence-electron chi connectivity index (χ0n) is 11.8. The quantitative estimate of drug-likeness (QED) is 0.632. The molecule has 0 aromatic heterocycles. The Balaban J connectivity index is 1.73. The van der Waals surface area contributed by atoms with Crippen LogP contribution in [0.2, 0.25) is 0 Å². The van der Waals surface area contributed by atoms with E-state index in [-0.39, 0.29) is 12.5 Å². The summed E-state index contributed by atoms with van der Waals surface area (Å²) in [6.45, 7) is -0.0949. The molecule has 0 heterocycles. The summed E-state index contributed by atoms with van der Waals surface area (Å²) in [4.78, 5) is 11.6. The van der Waals surface area contributed by atoms with Gasteiger partial charge in [0.2, 0.25) is 0 Å². The van der Waals surface area contributed by atoms with Crippen molar-refractivity contribution < 1.29 is 9.53 Å².